The van der Waals surface area contributed by atoms with Gasteiger partial charge in [0.1, 0.15) is 12.4 Å². The summed E-state index contributed by atoms with van der Waals surface area (Å²) in [5.74, 6) is 2.68. The number of carbonyl (C=O) groups excluding carboxylic acids is 1. The molecule has 4 rings (SSSR count). The molecule has 0 saturated heterocycles. The number of aryl methyl sites for hydroxylation is 1. The van der Waals surface area contributed by atoms with Crippen LogP contribution in [0.15, 0.2) is 29.3 Å². The van der Waals surface area contributed by atoms with Crippen molar-refractivity contribution in [2.75, 3.05) is 32.1 Å². The van der Waals surface area contributed by atoms with Gasteiger partial charge in [0.15, 0.2) is 11.8 Å². The summed E-state index contributed by atoms with van der Waals surface area (Å²) in [7, 11) is 3.42. The fourth-order valence-corrected chi connectivity index (χ4v) is 4.24. The summed E-state index contributed by atoms with van der Waals surface area (Å²) in [5, 5.41) is 11.3. The van der Waals surface area contributed by atoms with Crippen LogP contribution in [0.2, 0.25) is 0 Å². The lowest BCUT2D eigenvalue weighted by Gasteiger charge is -2.25. The van der Waals surface area contributed by atoms with Gasteiger partial charge >= 0.3 is 0 Å². The fraction of sp³-hybridized carbons (Fsp3) is 0.545. The standard InChI is InChI=1S/C22H31N7O2/c1-23-22(25-17-9-10-20-26-19(15-31-2)27-29(20)14-17)24-12-5-8-21(30)28-13-11-16-6-3-4-7-18(16)28/h3-4,6-7,17H,5,8-15H2,1-2H3,(H2,23,24,25). The number of nitrogens with one attached hydrogen (secondary N) is 2. The minimum Gasteiger partial charge on any atom is -0.377 e. The van der Waals surface area contributed by atoms with Crippen molar-refractivity contribution in [1.29, 1.82) is 0 Å². The van der Waals surface area contributed by atoms with Crippen molar-refractivity contribution in [3.63, 3.8) is 0 Å². The van der Waals surface area contributed by atoms with Gasteiger partial charge in [-0.1, -0.05) is 18.2 Å². The predicted molar refractivity (Wildman–Crippen MR) is 119 cm³/mol. The van der Waals surface area contributed by atoms with Gasteiger partial charge in [-0.25, -0.2) is 9.67 Å². The van der Waals surface area contributed by atoms with Gasteiger partial charge in [0, 0.05) is 51.8 Å². The van der Waals surface area contributed by atoms with Crippen LogP contribution in [-0.2, 0) is 35.5 Å². The van der Waals surface area contributed by atoms with Crippen LogP contribution >= 0.6 is 0 Å². The average molecular weight is 426 g/mol. The normalized spacial score (nSPS) is 17.9. The molecule has 1 amide bonds. The van der Waals surface area contributed by atoms with Gasteiger partial charge in [-0.15, -0.1) is 0 Å². The zero-order valence-corrected chi connectivity index (χ0v) is 18.3. The Balaban J connectivity index is 1.20. The molecule has 166 valence electrons. The summed E-state index contributed by atoms with van der Waals surface area (Å²) >= 11 is 0. The van der Waals surface area contributed by atoms with Crippen LogP contribution in [0.25, 0.3) is 0 Å². The van der Waals surface area contributed by atoms with E-state index in [1.54, 1.807) is 14.2 Å². The number of anilines is 1. The molecule has 0 bridgehead atoms. The minimum absolute atomic E-state index is 0.188. The van der Waals surface area contributed by atoms with Crippen molar-refractivity contribution in [2.24, 2.45) is 4.99 Å². The maximum absolute atomic E-state index is 12.6. The highest BCUT2D eigenvalue weighted by Crippen LogP contribution is 2.28. The summed E-state index contributed by atoms with van der Waals surface area (Å²) < 4.78 is 7.08. The van der Waals surface area contributed by atoms with E-state index in [1.165, 1.54) is 5.56 Å². The van der Waals surface area contributed by atoms with Crippen LogP contribution in [0.1, 0.15) is 36.5 Å². The number of para-hydroxylation sites is 1. The van der Waals surface area contributed by atoms with Gasteiger partial charge in [-0.05, 0) is 30.9 Å². The van der Waals surface area contributed by atoms with Gasteiger partial charge in [0.25, 0.3) is 0 Å². The first-order chi connectivity index (χ1) is 15.2. The number of hydrogen-bond donors (Lipinski definition) is 2. The Morgan fingerprint density at radius 1 is 1.32 bits per heavy atom. The number of aromatic nitrogens is 3. The van der Waals surface area contributed by atoms with Crippen LogP contribution in [0.5, 0.6) is 0 Å². The first-order valence-electron chi connectivity index (χ1n) is 10.9. The van der Waals surface area contributed by atoms with E-state index in [-0.39, 0.29) is 11.9 Å². The molecule has 0 spiro atoms. The molecule has 2 N–H and O–H groups in total. The van der Waals surface area contributed by atoms with E-state index in [4.69, 9.17) is 4.74 Å². The molecule has 1 aromatic heterocycles. The lowest BCUT2D eigenvalue weighted by Crippen LogP contribution is -2.47. The van der Waals surface area contributed by atoms with Crippen molar-refractivity contribution < 1.29 is 9.53 Å². The number of carbonyl (C=O) groups is 1. The van der Waals surface area contributed by atoms with Crippen molar-refractivity contribution >= 4 is 17.6 Å². The smallest absolute Gasteiger partial charge is 0.227 e. The second-order valence-electron chi connectivity index (χ2n) is 7.97. The number of aliphatic imine (C=N–C) groups is 1. The lowest BCUT2D eigenvalue weighted by atomic mass is 10.1. The Morgan fingerprint density at radius 3 is 3.03 bits per heavy atom. The Labute approximate surface area is 182 Å². The van der Waals surface area contributed by atoms with Gasteiger partial charge in [0.2, 0.25) is 5.91 Å². The molecule has 1 unspecified atom stereocenters. The topological polar surface area (TPSA) is 96.7 Å². The highest BCUT2D eigenvalue weighted by atomic mass is 16.5. The van der Waals surface area contributed by atoms with Crippen LogP contribution in [-0.4, -0.2) is 59.9 Å². The second-order valence-corrected chi connectivity index (χ2v) is 7.97. The van der Waals surface area contributed by atoms with Crippen LogP contribution in [0, 0.1) is 0 Å². The molecule has 9 heteroatoms. The average Bonchev–Trinajstić information content (AvgIpc) is 3.39. The Hall–Kier alpha value is -2.94. The SMILES string of the molecule is CN=C(NCCCC(=O)N1CCc2ccccc21)NC1CCc2nc(COC)nn2C1. The largest absolute Gasteiger partial charge is 0.377 e. The zero-order chi connectivity index (χ0) is 21.6. The number of methoxy groups -OCH3 is 1. The Kier molecular flexibility index (Phi) is 6.81. The number of hydrogen-bond acceptors (Lipinski definition) is 5. The maximum atomic E-state index is 12.6. The van der Waals surface area contributed by atoms with E-state index in [0.717, 1.165) is 62.1 Å². The molecule has 1 aromatic carbocycles. The van der Waals surface area contributed by atoms with Gasteiger partial charge < -0.3 is 20.3 Å². The molecular formula is C22H31N7O2. The number of fused-ring (bicyclic) bond motifs is 2. The highest BCUT2D eigenvalue weighted by Gasteiger charge is 2.24. The first kappa shape index (κ1) is 21.3. The number of nitrogens with zero attached hydrogens (tertiary/aromatic N) is 5. The van der Waals surface area contributed by atoms with Crippen LogP contribution < -0.4 is 15.5 Å². The maximum Gasteiger partial charge on any atom is 0.227 e. The predicted octanol–water partition coefficient (Wildman–Crippen LogP) is 1.27. The van der Waals surface area contributed by atoms with Gasteiger partial charge in [-0.3, -0.25) is 9.79 Å². The third-order valence-corrected chi connectivity index (χ3v) is 5.79. The summed E-state index contributed by atoms with van der Waals surface area (Å²) in [4.78, 5) is 23.4. The summed E-state index contributed by atoms with van der Waals surface area (Å²) in [5.41, 5.74) is 2.33. The van der Waals surface area contributed by atoms with E-state index in [2.05, 4.69) is 31.8 Å². The molecule has 2 aliphatic heterocycles. The van der Waals surface area contributed by atoms with E-state index in [0.29, 0.717) is 19.6 Å². The zero-order valence-electron chi connectivity index (χ0n) is 18.3. The van der Waals surface area contributed by atoms with Crippen molar-refractivity contribution in [3.05, 3.63) is 41.5 Å². The first-order valence-corrected chi connectivity index (χ1v) is 10.9. The Bertz CT molecular complexity index is 940. The van der Waals surface area contributed by atoms with Crippen LogP contribution in [0.3, 0.4) is 0 Å². The van der Waals surface area contributed by atoms with E-state index in [9.17, 15) is 4.79 Å². The summed E-state index contributed by atoms with van der Waals surface area (Å²) in [6, 6.07) is 8.40. The van der Waals surface area contributed by atoms with Crippen molar-refractivity contribution in [2.45, 2.75) is 51.3 Å². The molecule has 0 saturated carbocycles. The molecule has 0 fully saturated rings. The molecule has 3 heterocycles. The third kappa shape index (κ3) is 5.04. The minimum atomic E-state index is 0.188. The number of ether oxygens (including phenoxy) is 1. The molecule has 0 radical (unpaired) electrons. The van der Waals surface area contributed by atoms with Crippen LogP contribution in [0.4, 0.5) is 5.69 Å². The number of rotatable bonds is 7. The molecular weight excluding hydrogens is 394 g/mol. The van der Waals surface area contributed by atoms with E-state index in [1.807, 2.05) is 27.8 Å². The van der Waals surface area contributed by atoms with Gasteiger partial charge in [-0.2, -0.15) is 5.10 Å². The lowest BCUT2D eigenvalue weighted by molar-refractivity contribution is -0.118. The monoisotopic (exact) mass is 425 g/mol. The summed E-state index contributed by atoms with van der Waals surface area (Å²) in [6.07, 6.45) is 4.07. The second kappa shape index (κ2) is 9.91. The molecule has 9 nitrogen and oxygen atoms in total. The third-order valence-electron chi connectivity index (χ3n) is 5.79. The van der Waals surface area contributed by atoms with E-state index < -0.39 is 0 Å². The number of benzene rings is 1. The van der Waals surface area contributed by atoms with E-state index >= 15 is 0 Å². The fourth-order valence-electron chi connectivity index (χ4n) is 4.24. The molecule has 1 atom stereocenters. The van der Waals surface area contributed by atoms with Crippen molar-refractivity contribution in [3.8, 4) is 0 Å². The highest BCUT2D eigenvalue weighted by molar-refractivity contribution is 5.95. The summed E-state index contributed by atoms with van der Waals surface area (Å²) in [6.45, 7) is 2.66. The molecule has 2 aliphatic rings. The Morgan fingerprint density at radius 2 is 2.19 bits per heavy atom. The van der Waals surface area contributed by atoms with Crippen molar-refractivity contribution in [1.82, 2.24) is 25.4 Å². The molecule has 31 heavy (non-hydrogen) atoms. The number of amides is 1. The molecule has 0 aliphatic carbocycles. The number of guanidine groups is 1. The quantitative estimate of drug-likeness (QED) is 0.394. The van der Waals surface area contributed by atoms with Gasteiger partial charge in [0.05, 0.1) is 6.54 Å². The molecule has 2 aromatic rings.